The second-order valence-electron chi connectivity index (χ2n) is 6.76. The molecule has 8 heteroatoms. The molecule has 156 valence electrons. The first kappa shape index (κ1) is 20.8. The van der Waals surface area contributed by atoms with Crippen molar-refractivity contribution in [3.8, 4) is 17.2 Å². The van der Waals surface area contributed by atoms with Crippen LogP contribution in [0.1, 0.15) is 29.0 Å². The van der Waals surface area contributed by atoms with Crippen molar-refractivity contribution >= 4 is 5.91 Å². The maximum Gasteiger partial charge on any atom is 0.416 e. The van der Waals surface area contributed by atoms with E-state index in [1.54, 1.807) is 18.2 Å². The molecule has 1 saturated carbocycles. The lowest BCUT2D eigenvalue weighted by molar-refractivity contribution is -0.138. The predicted octanol–water partition coefficient (Wildman–Crippen LogP) is 4.15. The highest BCUT2D eigenvalue weighted by atomic mass is 19.4. The van der Waals surface area contributed by atoms with Gasteiger partial charge in [-0.3, -0.25) is 4.79 Å². The Morgan fingerprint density at radius 2 is 1.69 bits per heavy atom. The van der Waals surface area contributed by atoms with Crippen molar-refractivity contribution in [2.45, 2.75) is 25.1 Å². The Morgan fingerprint density at radius 3 is 2.24 bits per heavy atom. The smallest absolute Gasteiger partial charge is 0.416 e. The molecule has 1 N–H and O–H groups in total. The molecule has 3 rings (SSSR count). The van der Waals surface area contributed by atoms with Gasteiger partial charge in [0.25, 0.3) is 0 Å². The zero-order chi connectivity index (χ0) is 21.2. The zero-order valence-electron chi connectivity index (χ0n) is 16.3. The highest BCUT2D eigenvalue weighted by molar-refractivity contribution is 5.83. The lowest BCUT2D eigenvalue weighted by Gasteiger charge is -2.16. The zero-order valence-corrected chi connectivity index (χ0v) is 16.3. The Morgan fingerprint density at radius 1 is 1.07 bits per heavy atom. The molecule has 1 aliphatic carbocycles. The molecule has 0 saturated heterocycles. The molecule has 1 fully saturated rings. The topological polar surface area (TPSA) is 56.8 Å². The van der Waals surface area contributed by atoms with E-state index in [1.165, 1.54) is 33.5 Å². The first-order chi connectivity index (χ1) is 13.8. The van der Waals surface area contributed by atoms with Crippen LogP contribution in [-0.4, -0.2) is 27.2 Å². The van der Waals surface area contributed by atoms with E-state index < -0.39 is 23.6 Å². The number of alkyl halides is 3. The SMILES string of the molecule is COc1cc(OC)c(CNC(=O)C2CC2c2ccccc2C(F)(F)F)c(OC)c1. The van der Waals surface area contributed by atoms with E-state index >= 15 is 0 Å². The Hall–Kier alpha value is -2.90. The molecule has 1 amide bonds. The van der Waals surface area contributed by atoms with Crippen molar-refractivity contribution in [2.75, 3.05) is 21.3 Å². The van der Waals surface area contributed by atoms with E-state index in [4.69, 9.17) is 14.2 Å². The van der Waals surface area contributed by atoms with E-state index in [9.17, 15) is 18.0 Å². The van der Waals surface area contributed by atoms with Gasteiger partial charge in [-0.1, -0.05) is 18.2 Å². The second-order valence-corrected chi connectivity index (χ2v) is 6.76. The molecule has 29 heavy (non-hydrogen) atoms. The number of carbonyl (C=O) groups is 1. The molecule has 0 bridgehead atoms. The molecule has 0 spiro atoms. The Balaban J connectivity index is 1.71. The van der Waals surface area contributed by atoms with Gasteiger partial charge in [-0.05, 0) is 24.0 Å². The van der Waals surface area contributed by atoms with Crippen LogP contribution in [0.5, 0.6) is 17.2 Å². The first-order valence-corrected chi connectivity index (χ1v) is 9.02. The average Bonchev–Trinajstić information content (AvgIpc) is 3.51. The van der Waals surface area contributed by atoms with Crippen LogP contribution >= 0.6 is 0 Å². The molecule has 0 aromatic heterocycles. The number of nitrogens with one attached hydrogen (secondary N) is 1. The monoisotopic (exact) mass is 409 g/mol. The number of carbonyl (C=O) groups excluding carboxylic acids is 1. The molecule has 2 aromatic rings. The highest BCUT2D eigenvalue weighted by Gasteiger charge is 2.47. The van der Waals surface area contributed by atoms with Crippen LogP contribution in [0.15, 0.2) is 36.4 Å². The van der Waals surface area contributed by atoms with Crippen molar-refractivity contribution in [1.29, 1.82) is 0 Å². The Bertz CT molecular complexity index is 873. The quantitative estimate of drug-likeness (QED) is 0.747. The molecule has 2 atom stereocenters. The van der Waals surface area contributed by atoms with Crippen molar-refractivity contribution in [3.05, 3.63) is 53.1 Å². The maximum absolute atomic E-state index is 13.2. The van der Waals surface area contributed by atoms with Gasteiger partial charge in [-0.25, -0.2) is 0 Å². The molecule has 2 unspecified atom stereocenters. The van der Waals surface area contributed by atoms with Crippen LogP contribution in [0.3, 0.4) is 0 Å². The molecule has 0 heterocycles. The fourth-order valence-electron chi connectivity index (χ4n) is 3.47. The largest absolute Gasteiger partial charge is 0.496 e. The summed E-state index contributed by atoms with van der Waals surface area (Å²) in [5.41, 5.74) is 0.107. The number of benzene rings is 2. The van der Waals surface area contributed by atoms with Gasteiger partial charge in [-0.2, -0.15) is 13.2 Å². The minimum Gasteiger partial charge on any atom is -0.496 e. The third-order valence-electron chi connectivity index (χ3n) is 5.05. The second kappa shape index (κ2) is 8.23. The average molecular weight is 409 g/mol. The number of amides is 1. The molecule has 5 nitrogen and oxygen atoms in total. The van der Waals surface area contributed by atoms with E-state index in [-0.39, 0.29) is 18.0 Å². The van der Waals surface area contributed by atoms with Gasteiger partial charge in [0.05, 0.1) is 39.0 Å². The van der Waals surface area contributed by atoms with Crippen molar-refractivity contribution < 1.29 is 32.2 Å². The molecular weight excluding hydrogens is 387 g/mol. The van der Waals surface area contributed by atoms with Crippen LogP contribution in [0.25, 0.3) is 0 Å². The van der Waals surface area contributed by atoms with Gasteiger partial charge in [0, 0.05) is 18.1 Å². The predicted molar refractivity (Wildman–Crippen MR) is 100 cm³/mol. The number of halogens is 3. The summed E-state index contributed by atoms with van der Waals surface area (Å²) in [5, 5.41) is 2.78. The fraction of sp³-hybridized carbons (Fsp3) is 0.381. The van der Waals surface area contributed by atoms with E-state index in [1.807, 2.05) is 0 Å². The number of rotatable bonds is 7. The molecular formula is C21H22F3NO4. The van der Waals surface area contributed by atoms with Crippen LogP contribution < -0.4 is 19.5 Å². The lowest BCUT2D eigenvalue weighted by atomic mass is 10.0. The van der Waals surface area contributed by atoms with Gasteiger partial charge in [-0.15, -0.1) is 0 Å². The minimum atomic E-state index is -4.44. The third kappa shape index (κ3) is 4.41. The standard InChI is InChI=1S/C21H22F3NO4/c1-27-12-8-18(28-2)16(19(9-12)29-3)11-25-20(26)15-10-14(15)13-6-4-5-7-17(13)21(22,23)24/h4-9,14-15H,10-11H2,1-3H3,(H,25,26). The summed E-state index contributed by atoms with van der Waals surface area (Å²) in [6.07, 6.45) is -4.06. The number of hydrogen-bond donors (Lipinski definition) is 1. The summed E-state index contributed by atoms with van der Waals surface area (Å²) in [5.74, 6) is 0.278. The first-order valence-electron chi connectivity index (χ1n) is 9.02. The number of ether oxygens (including phenoxy) is 3. The van der Waals surface area contributed by atoms with Crippen molar-refractivity contribution in [2.24, 2.45) is 5.92 Å². The summed E-state index contributed by atoms with van der Waals surface area (Å²) in [6.45, 7) is 0.124. The summed E-state index contributed by atoms with van der Waals surface area (Å²) in [6, 6.07) is 8.75. The Kier molecular flexibility index (Phi) is 5.91. The third-order valence-corrected chi connectivity index (χ3v) is 5.05. The van der Waals surface area contributed by atoms with E-state index in [2.05, 4.69) is 5.32 Å². The van der Waals surface area contributed by atoms with Gasteiger partial charge >= 0.3 is 6.18 Å². The van der Waals surface area contributed by atoms with E-state index in [0.29, 0.717) is 29.2 Å². The number of hydrogen-bond acceptors (Lipinski definition) is 4. The van der Waals surface area contributed by atoms with Crippen LogP contribution in [-0.2, 0) is 17.5 Å². The summed E-state index contributed by atoms with van der Waals surface area (Å²) >= 11 is 0. The van der Waals surface area contributed by atoms with Crippen molar-refractivity contribution in [3.63, 3.8) is 0 Å². The van der Waals surface area contributed by atoms with Crippen LogP contribution in [0.4, 0.5) is 13.2 Å². The minimum absolute atomic E-state index is 0.124. The normalized spacial score (nSPS) is 18.1. The molecule has 1 aliphatic rings. The van der Waals surface area contributed by atoms with Gasteiger partial charge in [0.15, 0.2) is 0 Å². The van der Waals surface area contributed by atoms with Gasteiger partial charge < -0.3 is 19.5 Å². The lowest BCUT2D eigenvalue weighted by Crippen LogP contribution is -2.25. The summed E-state index contributed by atoms with van der Waals surface area (Å²) < 4.78 is 55.6. The maximum atomic E-state index is 13.2. The highest BCUT2D eigenvalue weighted by Crippen LogP contribution is 2.51. The molecule has 0 aliphatic heterocycles. The summed E-state index contributed by atoms with van der Waals surface area (Å²) in [7, 11) is 4.50. The van der Waals surface area contributed by atoms with E-state index in [0.717, 1.165) is 6.07 Å². The van der Waals surface area contributed by atoms with Crippen LogP contribution in [0, 0.1) is 5.92 Å². The molecule has 0 radical (unpaired) electrons. The number of methoxy groups -OCH3 is 3. The molecule has 2 aromatic carbocycles. The summed E-state index contributed by atoms with van der Waals surface area (Å²) in [4.78, 5) is 12.5. The fourth-order valence-corrected chi connectivity index (χ4v) is 3.47. The van der Waals surface area contributed by atoms with Crippen LogP contribution in [0.2, 0.25) is 0 Å². The Labute approximate surface area is 166 Å². The van der Waals surface area contributed by atoms with Gasteiger partial charge in [0.2, 0.25) is 5.91 Å². The van der Waals surface area contributed by atoms with Crippen molar-refractivity contribution in [1.82, 2.24) is 5.32 Å². The van der Waals surface area contributed by atoms with Gasteiger partial charge in [0.1, 0.15) is 17.2 Å².